The van der Waals surface area contributed by atoms with E-state index in [4.69, 9.17) is 4.74 Å². The Kier molecular flexibility index (Phi) is 6.60. The summed E-state index contributed by atoms with van der Waals surface area (Å²) in [7, 11) is 4.74. The van der Waals surface area contributed by atoms with Crippen molar-refractivity contribution < 1.29 is 23.9 Å². The molecule has 114 valence electrons. The van der Waals surface area contributed by atoms with Gasteiger partial charge in [0, 0.05) is 20.1 Å². The van der Waals surface area contributed by atoms with Crippen LogP contribution in [-0.2, 0) is 23.9 Å². The molecule has 0 saturated carbocycles. The number of Topliss-reactive ketones (excluding diaryl/α,β-unsaturated/α-hetero) is 1. The van der Waals surface area contributed by atoms with Crippen LogP contribution in [0, 0.1) is 0 Å². The van der Waals surface area contributed by atoms with Crippen LogP contribution in [0.15, 0.2) is 0 Å². The van der Waals surface area contributed by atoms with Crippen LogP contribution >= 0.6 is 0 Å². The van der Waals surface area contributed by atoms with Gasteiger partial charge in [-0.25, -0.2) is 0 Å². The van der Waals surface area contributed by atoms with Gasteiger partial charge in [-0.2, -0.15) is 0 Å². The van der Waals surface area contributed by atoms with Crippen molar-refractivity contribution in [1.82, 2.24) is 10.2 Å². The second-order valence-corrected chi connectivity index (χ2v) is 4.88. The summed E-state index contributed by atoms with van der Waals surface area (Å²) >= 11 is 0. The van der Waals surface area contributed by atoms with Gasteiger partial charge >= 0.3 is 5.97 Å². The highest BCUT2D eigenvalue weighted by atomic mass is 16.5. The molecule has 20 heavy (non-hydrogen) atoms. The van der Waals surface area contributed by atoms with Crippen molar-refractivity contribution in [1.29, 1.82) is 0 Å². The second kappa shape index (κ2) is 7.96. The van der Waals surface area contributed by atoms with E-state index in [1.54, 1.807) is 7.11 Å². The number of methoxy groups -OCH3 is 2. The van der Waals surface area contributed by atoms with Crippen LogP contribution in [0.3, 0.4) is 0 Å². The van der Waals surface area contributed by atoms with Crippen molar-refractivity contribution in [2.75, 3.05) is 34.4 Å². The maximum Gasteiger partial charge on any atom is 0.305 e. The Morgan fingerprint density at radius 3 is 2.50 bits per heavy atom. The van der Waals surface area contributed by atoms with Crippen molar-refractivity contribution in [3.05, 3.63) is 0 Å². The zero-order valence-electron chi connectivity index (χ0n) is 12.2. The summed E-state index contributed by atoms with van der Waals surface area (Å²) in [5.74, 6) is -0.797. The molecule has 0 aromatic rings. The first-order chi connectivity index (χ1) is 9.47. The topological polar surface area (TPSA) is 84.9 Å². The van der Waals surface area contributed by atoms with E-state index in [2.05, 4.69) is 10.1 Å². The van der Waals surface area contributed by atoms with Gasteiger partial charge in [-0.3, -0.25) is 19.3 Å². The molecule has 0 bridgehead atoms. The fourth-order valence-corrected chi connectivity index (χ4v) is 2.17. The van der Waals surface area contributed by atoms with Gasteiger partial charge in [-0.05, 0) is 13.5 Å². The minimum absolute atomic E-state index is 0.0419. The summed E-state index contributed by atoms with van der Waals surface area (Å²) in [6, 6.07) is -0.270. The zero-order valence-corrected chi connectivity index (χ0v) is 12.2. The third-order valence-corrected chi connectivity index (χ3v) is 3.44. The van der Waals surface area contributed by atoms with Gasteiger partial charge in [0.15, 0.2) is 5.78 Å². The van der Waals surface area contributed by atoms with Crippen LogP contribution in [0.4, 0.5) is 0 Å². The third-order valence-electron chi connectivity index (χ3n) is 3.44. The Morgan fingerprint density at radius 1 is 1.25 bits per heavy atom. The molecule has 0 unspecified atom stereocenters. The number of nitrogens with one attached hydrogen (secondary N) is 1. The Morgan fingerprint density at radius 2 is 1.95 bits per heavy atom. The van der Waals surface area contributed by atoms with Crippen molar-refractivity contribution in [3.8, 4) is 0 Å². The lowest BCUT2D eigenvalue weighted by atomic mass is 10.1. The van der Waals surface area contributed by atoms with Gasteiger partial charge in [0.2, 0.25) is 5.91 Å². The molecule has 1 N–H and O–H groups in total. The molecule has 1 amide bonds. The number of hydrogen-bond acceptors (Lipinski definition) is 6. The highest BCUT2D eigenvalue weighted by molar-refractivity contribution is 5.89. The monoisotopic (exact) mass is 286 g/mol. The Balaban J connectivity index is 2.29. The van der Waals surface area contributed by atoms with Gasteiger partial charge in [0.1, 0.15) is 0 Å². The van der Waals surface area contributed by atoms with Crippen molar-refractivity contribution in [2.45, 2.75) is 31.4 Å². The van der Waals surface area contributed by atoms with Gasteiger partial charge < -0.3 is 14.8 Å². The fourth-order valence-electron chi connectivity index (χ4n) is 2.17. The number of likely N-dealkylation sites (N-methyl/N-ethyl adjacent to an activating group) is 1. The molecule has 1 aliphatic heterocycles. The molecule has 1 rings (SSSR count). The van der Waals surface area contributed by atoms with Crippen LogP contribution in [-0.4, -0.2) is 69.1 Å². The SMILES string of the molecule is COC(=O)CCC(=O)CNC(=O)[C@@H]1C[C@H](OC)CN1C. The number of carbonyl (C=O) groups is 3. The number of nitrogens with zero attached hydrogens (tertiary/aromatic N) is 1. The van der Waals surface area contributed by atoms with Crippen LogP contribution in [0.5, 0.6) is 0 Å². The Bertz CT molecular complexity index is 372. The van der Waals surface area contributed by atoms with Gasteiger partial charge in [0.05, 0.1) is 32.2 Å². The Labute approximate surface area is 118 Å². The molecule has 1 saturated heterocycles. The molecule has 0 aromatic carbocycles. The number of carbonyl (C=O) groups excluding carboxylic acids is 3. The summed E-state index contributed by atoms with van der Waals surface area (Å²) in [4.78, 5) is 36.3. The maximum atomic E-state index is 12.0. The predicted molar refractivity (Wildman–Crippen MR) is 71.1 cm³/mol. The largest absolute Gasteiger partial charge is 0.469 e. The van der Waals surface area contributed by atoms with E-state index in [1.165, 1.54) is 7.11 Å². The fraction of sp³-hybridized carbons (Fsp3) is 0.769. The van der Waals surface area contributed by atoms with Gasteiger partial charge in [-0.15, -0.1) is 0 Å². The summed E-state index contributed by atoms with van der Waals surface area (Å²) < 4.78 is 9.67. The second-order valence-electron chi connectivity index (χ2n) is 4.88. The normalized spacial score (nSPS) is 22.6. The minimum Gasteiger partial charge on any atom is -0.469 e. The maximum absolute atomic E-state index is 12.0. The number of hydrogen-bond donors (Lipinski definition) is 1. The first kappa shape index (κ1) is 16.6. The molecule has 1 aliphatic rings. The van der Waals surface area contributed by atoms with E-state index in [1.807, 2.05) is 11.9 Å². The molecule has 7 heteroatoms. The smallest absolute Gasteiger partial charge is 0.305 e. The molecule has 0 aromatic heterocycles. The van der Waals surface area contributed by atoms with Crippen LogP contribution in [0.25, 0.3) is 0 Å². The number of likely N-dealkylation sites (tertiary alicyclic amines) is 1. The lowest BCUT2D eigenvalue weighted by molar-refractivity contribution is -0.141. The van der Waals surface area contributed by atoms with Crippen LogP contribution in [0.1, 0.15) is 19.3 Å². The molecule has 0 aliphatic carbocycles. The van der Waals surface area contributed by atoms with Gasteiger partial charge in [-0.1, -0.05) is 0 Å². The number of ether oxygens (including phenoxy) is 2. The van der Waals surface area contributed by atoms with Crippen LogP contribution in [0.2, 0.25) is 0 Å². The molecule has 2 atom stereocenters. The quantitative estimate of drug-likeness (QED) is 0.626. The average Bonchev–Trinajstić information content (AvgIpc) is 2.83. The summed E-state index contributed by atoms with van der Waals surface area (Å²) in [5, 5.41) is 2.60. The predicted octanol–water partition coefficient (Wildman–Crippen LogP) is -0.656. The number of esters is 1. The highest BCUT2D eigenvalue weighted by Gasteiger charge is 2.34. The van der Waals surface area contributed by atoms with E-state index in [0.29, 0.717) is 13.0 Å². The number of amides is 1. The molecular formula is C13H22N2O5. The minimum atomic E-state index is -0.428. The van der Waals surface area contributed by atoms with E-state index in [-0.39, 0.29) is 43.2 Å². The molecule has 7 nitrogen and oxygen atoms in total. The molecule has 1 fully saturated rings. The third kappa shape index (κ3) is 4.90. The van der Waals surface area contributed by atoms with E-state index < -0.39 is 5.97 Å². The first-order valence-electron chi connectivity index (χ1n) is 6.57. The standard InChI is InChI=1S/C13H22N2O5/c1-15-8-10(19-2)6-11(15)13(18)14-7-9(16)4-5-12(17)20-3/h10-11H,4-8H2,1-3H3,(H,14,18)/t10-,11-/m0/s1. The van der Waals surface area contributed by atoms with E-state index in [0.717, 1.165) is 0 Å². The molecule has 0 radical (unpaired) electrons. The highest BCUT2D eigenvalue weighted by Crippen LogP contribution is 2.17. The molecular weight excluding hydrogens is 264 g/mol. The zero-order chi connectivity index (χ0) is 15.1. The van der Waals surface area contributed by atoms with Crippen molar-refractivity contribution in [2.24, 2.45) is 0 Å². The van der Waals surface area contributed by atoms with Crippen molar-refractivity contribution >= 4 is 17.7 Å². The van der Waals surface area contributed by atoms with E-state index in [9.17, 15) is 14.4 Å². The summed E-state index contributed by atoms with van der Waals surface area (Å²) in [6.45, 7) is 0.642. The van der Waals surface area contributed by atoms with Gasteiger partial charge in [0.25, 0.3) is 0 Å². The molecule has 0 spiro atoms. The number of rotatable bonds is 7. The molecule has 1 heterocycles. The lowest BCUT2D eigenvalue weighted by Crippen LogP contribution is -2.43. The first-order valence-corrected chi connectivity index (χ1v) is 6.57. The van der Waals surface area contributed by atoms with Crippen LogP contribution < -0.4 is 5.32 Å². The summed E-state index contributed by atoms with van der Waals surface area (Å²) in [5.41, 5.74) is 0. The Hall–Kier alpha value is -1.47. The number of ketones is 1. The van der Waals surface area contributed by atoms with Crippen molar-refractivity contribution in [3.63, 3.8) is 0 Å². The average molecular weight is 286 g/mol. The lowest BCUT2D eigenvalue weighted by Gasteiger charge is -2.17. The van der Waals surface area contributed by atoms with E-state index >= 15 is 0 Å². The summed E-state index contributed by atoms with van der Waals surface area (Å²) in [6.07, 6.45) is 0.787.